The van der Waals surface area contributed by atoms with Gasteiger partial charge in [0.1, 0.15) is 5.69 Å². The summed E-state index contributed by atoms with van der Waals surface area (Å²) in [6.07, 6.45) is 7.68. The molecular weight excluding hydrogens is 282 g/mol. The van der Waals surface area contributed by atoms with Crippen molar-refractivity contribution in [1.29, 1.82) is 0 Å². The van der Waals surface area contributed by atoms with Crippen LogP contribution in [-0.4, -0.2) is 22.2 Å². The molecule has 4 nitrogen and oxygen atoms in total. The number of amides is 1. The zero-order valence-corrected chi connectivity index (χ0v) is 12.9. The van der Waals surface area contributed by atoms with E-state index < -0.39 is 0 Å². The van der Waals surface area contributed by atoms with E-state index in [0.29, 0.717) is 18.9 Å². The molecule has 0 unspecified atom stereocenters. The first-order valence-corrected chi connectivity index (χ1v) is 8.53. The van der Waals surface area contributed by atoms with Crippen LogP contribution in [0, 0.1) is 5.92 Å². The Hall–Kier alpha value is -1.62. The molecule has 0 aromatic carbocycles. The molecular formula is C16H21N3OS. The predicted octanol–water partition coefficient (Wildman–Crippen LogP) is 3.31. The summed E-state index contributed by atoms with van der Waals surface area (Å²) >= 11 is 1.69. The molecule has 0 atom stereocenters. The van der Waals surface area contributed by atoms with Crippen molar-refractivity contribution in [2.24, 2.45) is 5.92 Å². The minimum atomic E-state index is 0.188. The Kier molecular flexibility index (Phi) is 4.70. The Morgan fingerprint density at radius 1 is 1.38 bits per heavy atom. The molecule has 112 valence electrons. The number of hydrogen-bond donors (Lipinski definition) is 1. The number of thiophene rings is 1. The van der Waals surface area contributed by atoms with Gasteiger partial charge in [-0.25, -0.2) is 0 Å². The van der Waals surface area contributed by atoms with E-state index in [2.05, 4.69) is 21.9 Å². The van der Waals surface area contributed by atoms with Gasteiger partial charge in [0.05, 0.1) is 11.4 Å². The van der Waals surface area contributed by atoms with Gasteiger partial charge in [-0.3, -0.25) is 9.48 Å². The highest BCUT2D eigenvalue weighted by Gasteiger charge is 2.17. The Morgan fingerprint density at radius 2 is 2.24 bits per heavy atom. The standard InChI is InChI=1S/C16H21N3OS/c20-16(12-13-4-1-2-5-13)17-8-10-19-9-7-14(18-19)15-6-3-11-21-15/h3,6-7,9,11,13H,1-2,4-5,8,10,12H2,(H,17,20). The average molecular weight is 303 g/mol. The second-order valence-corrected chi connectivity index (χ2v) is 6.59. The zero-order valence-electron chi connectivity index (χ0n) is 12.1. The highest BCUT2D eigenvalue weighted by Crippen LogP contribution is 2.27. The molecule has 1 aliphatic rings. The van der Waals surface area contributed by atoms with Crippen LogP contribution in [0.15, 0.2) is 29.8 Å². The second kappa shape index (κ2) is 6.89. The molecule has 1 aliphatic carbocycles. The lowest BCUT2D eigenvalue weighted by Crippen LogP contribution is -2.28. The lowest BCUT2D eigenvalue weighted by molar-refractivity contribution is -0.122. The van der Waals surface area contributed by atoms with Gasteiger partial charge < -0.3 is 5.32 Å². The van der Waals surface area contributed by atoms with E-state index >= 15 is 0 Å². The fourth-order valence-corrected chi connectivity index (χ4v) is 3.59. The Bertz CT molecular complexity index is 570. The van der Waals surface area contributed by atoms with Gasteiger partial charge in [0.2, 0.25) is 5.91 Å². The summed E-state index contributed by atoms with van der Waals surface area (Å²) in [5, 5.41) is 9.59. The number of carbonyl (C=O) groups is 1. The van der Waals surface area contributed by atoms with Crippen LogP contribution < -0.4 is 5.32 Å². The zero-order chi connectivity index (χ0) is 14.5. The van der Waals surface area contributed by atoms with Crippen LogP contribution in [0.5, 0.6) is 0 Å². The fourth-order valence-electron chi connectivity index (χ4n) is 2.90. The number of hydrogen-bond acceptors (Lipinski definition) is 3. The normalized spacial score (nSPS) is 15.4. The van der Waals surface area contributed by atoms with Crippen molar-refractivity contribution in [2.75, 3.05) is 6.54 Å². The molecule has 0 aliphatic heterocycles. The van der Waals surface area contributed by atoms with Gasteiger partial charge in [0.25, 0.3) is 0 Å². The van der Waals surface area contributed by atoms with E-state index in [9.17, 15) is 4.79 Å². The Balaban J connectivity index is 1.42. The average Bonchev–Trinajstić information content (AvgIpc) is 3.21. The van der Waals surface area contributed by atoms with Crippen molar-refractivity contribution in [1.82, 2.24) is 15.1 Å². The largest absolute Gasteiger partial charge is 0.354 e. The monoisotopic (exact) mass is 303 g/mol. The second-order valence-electron chi connectivity index (χ2n) is 5.65. The molecule has 1 amide bonds. The summed E-state index contributed by atoms with van der Waals surface area (Å²) in [5.74, 6) is 0.799. The summed E-state index contributed by atoms with van der Waals surface area (Å²) in [7, 11) is 0. The maximum Gasteiger partial charge on any atom is 0.220 e. The van der Waals surface area contributed by atoms with Crippen molar-refractivity contribution in [2.45, 2.75) is 38.6 Å². The third-order valence-corrected chi connectivity index (χ3v) is 4.92. The third-order valence-electron chi connectivity index (χ3n) is 4.03. The smallest absolute Gasteiger partial charge is 0.220 e. The molecule has 1 saturated carbocycles. The number of aromatic nitrogens is 2. The molecule has 3 rings (SSSR count). The van der Waals surface area contributed by atoms with Crippen LogP contribution in [0.2, 0.25) is 0 Å². The molecule has 5 heteroatoms. The molecule has 1 N–H and O–H groups in total. The van der Waals surface area contributed by atoms with Crippen molar-refractivity contribution < 1.29 is 4.79 Å². The Morgan fingerprint density at radius 3 is 3.00 bits per heavy atom. The quantitative estimate of drug-likeness (QED) is 0.890. The first kappa shape index (κ1) is 14.3. The number of rotatable bonds is 6. The van der Waals surface area contributed by atoms with Gasteiger partial charge in [-0.1, -0.05) is 18.9 Å². The SMILES string of the molecule is O=C(CC1CCCC1)NCCn1ccc(-c2cccs2)n1. The maximum absolute atomic E-state index is 11.8. The molecule has 2 aromatic heterocycles. The summed E-state index contributed by atoms with van der Waals surface area (Å²) in [5.41, 5.74) is 1.00. The molecule has 21 heavy (non-hydrogen) atoms. The van der Waals surface area contributed by atoms with Crippen molar-refractivity contribution >= 4 is 17.2 Å². The molecule has 0 radical (unpaired) electrons. The van der Waals surface area contributed by atoms with Gasteiger partial charge in [-0.2, -0.15) is 5.10 Å². The summed E-state index contributed by atoms with van der Waals surface area (Å²) < 4.78 is 1.89. The molecule has 2 heterocycles. The van der Waals surface area contributed by atoms with E-state index in [0.717, 1.165) is 12.2 Å². The van der Waals surface area contributed by atoms with Crippen molar-refractivity contribution in [3.8, 4) is 10.6 Å². The van der Waals surface area contributed by atoms with Crippen LogP contribution in [0.3, 0.4) is 0 Å². The van der Waals surface area contributed by atoms with Gasteiger partial charge in [0.15, 0.2) is 0 Å². The van der Waals surface area contributed by atoms with E-state index in [1.54, 1.807) is 11.3 Å². The third kappa shape index (κ3) is 3.94. The number of nitrogens with zero attached hydrogens (tertiary/aromatic N) is 2. The molecule has 0 bridgehead atoms. The van der Waals surface area contributed by atoms with Gasteiger partial charge in [-0.05, 0) is 36.3 Å². The highest BCUT2D eigenvalue weighted by molar-refractivity contribution is 7.13. The highest BCUT2D eigenvalue weighted by atomic mass is 32.1. The van der Waals surface area contributed by atoms with E-state index in [1.807, 2.05) is 23.0 Å². The van der Waals surface area contributed by atoms with Crippen molar-refractivity contribution in [3.63, 3.8) is 0 Å². The summed E-state index contributed by atoms with van der Waals surface area (Å²) in [6.45, 7) is 1.37. The Labute approximate surface area is 129 Å². The first-order valence-electron chi connectivity index (χ1n) is 7.65. The first-order chi connectivity index (χ1) is 10.3. The minimum absolute atomic E-state index is 0.188. The van der Waals surface area contributed by atoms with Crippen LogP contribution in [0.1, 0.15) is 32.1 Å². The minimum Gasteiger partial charge on any atom is -0.354 e. The number of carbonyl (C=O) groups excluding carboxylic acids is 1. The summed E-state index contributed by atoms with van der Waals surface area (Å²) in [6, 6.07) is 6.12. The van der Waals surface area contributed by atoms with Crippen LogP contribution in [0.4, 0.5) is 0 Å². The molecule has 1 fully saturated rings. The topological polar surface area (TPSA) is 46.9 Å². The van der Waals surface area contributed by atoms with E-state index in [-0.39, 0.29) is 5.91 Å². The maximum atomic E-state index is 11.8. The van der Waals surface area contributed by atoms with Gasteiger partial charge in [-0.15, -0.1) is 11.3 Å². The van der Waals surface area contributed by atoms with Crippen LogP contribution >= 0.6 is 11.3 Å². The molecule has 0 spiro atoms. The lowest BCUT2D eigenvalue weighted by atomic mass is 10.0. The fraction of sp³-hybridized carbons (Fsp3) is 0.500. The van der Waals surface area contributed by atoms with Crippen molar-refractivity contribution in [3.05, 3.63) is 29.8 Å². The van der Waals surface area contributed by atoms with Gasteiger partial charge >= 0.3 is 0 Å². The van der Waals surface area contributed by atoms with Crippen LogP contribution in [-0.2, 0) is 11.3 Å². The molecule has 0 saturated heterocycles. The van der Waals surface area contributed by atoms with Crippen LogP contribution in [0.25, 0.3) is 10.6 Å². The molecule has 2 aromatic rings. The summed E-state index contributed by atoms with van der Waals surface area (Å²) in [4.78, 5) is 13.0. The number of nitrogens with one attached hydrogen (secondary N) is 1. The predicted molar refractivity (Wildman–Crippen MR) is 85.1 cm³/mol. The van der Waals surface area contributed by atoms with E-state index in [1.165, 1.54) is 30.6 Å². The van der Waals surface area contributed by atoms with Gasteiger partial charge in [0, 0.05) is 19.2 Å². The lowest BCUT2D eigenvalue weighted by Gasteiger charge is -2.09. The van der Waals surface area contributed by atoms with E-state index in [4.69, 9.17) is 0 Å².